The first-order valence-electron chi connectivity index (χ1n) is 9.02. The summed E-state index contributed by atoms with van der Waals surface area (Å²) in [4.78, 5) is 27.4. The van der Waals surface area contributed by atoms with E-state index in [-0.39, 0.29) is 17.7 Å². The van der Waals surface area contributed by atoms with Crippen molar-refractivity contribution < 1.29 is 9.59 Å². The van der Waals surface area contributed by atoms with Crippen LogP contribution in [0.3, 0.4) is 0 Å². The Morgan fingerprint density at radius 2 is 1.58 bits per heavy atom. The Labute approximate surface area is 156 Å². The normalized spacial score (nSPS) is 12.1. The number of carbonyl (C=O) groups is 2. The smallest absolute Gasteiger partial charge is 0.254 e. The number of hydrogen-bond acceptors (Lipinski definition) is 3. The molecule has 0 heterocycles. The van der Waals surface area contributed by atoms with Gasteiger partial charge in [-0.15, -0.1) is 0 Å². The number of nitrogens with zero attached hydrogens (tertiary/aromatic N) is 1. The zero-order valence-corrected chi connectivity index (χ0v) is 16.0. The van der Waals surface area contributed by atoms with Gasteiger partial charge in [0.25, 0.3) is 5.91 Å². The fourth-order valence-corrected chi connectivity index (χ4v) is 2.71. The third-order valence-electron chi connectivity index (χ3n) is 4.72. The van der Waals surface area contributed by atoms with Crippen molar-refractivity contribution in [2.75, 3.05) is 13.6 Å². The molecule has 0 radical (unpaired) electrons. The second-order valence-corrected chi connectivity index (χ2v) is 7.16. The van der Waals surface area contributed by atoms with Gasteiger partial charge in [0.1, 0.15) is 0 Å². The molecule has 0 bridgehead atoms. The molecule has 0 fully saturated rings. The summed E-state index contributed by atoms with van der Waals surface area (Å²) in [7, 11) is 1.75. The predicted molar refractivity (Wildman–Crippen MR) is 105 cm³/mol. The molecule has 0 spiro atoms. The van der Waals surface area contributed by atoms with Crippen LogP contribution in [-0.2, 0) is 0 Å². The van der Waals surface area contributed by atoms with Gasteiger partial charge in [-0.1, -0.05) is 61.9 Å². The van der Waals surface area contributed by atoms with Crippen molar-refractivity contribution in [2.24, 2.45) is 11.7 Å². The van der Waals surface area contributed by atoms with E-state index in [1.807, 2.05) is 19.1 Å². The molecule has 1 amide bonds. The Bertz CT molecular complexity index is 766. The Kier molecular flexibility index (Phi) is 6.70. The Balaban J connectivity index is 2.21. The predicted octanol–water partition coefficient (Wildman–Crippen LogP) is 3.67. The van der Waals surface area contributed by atoms with E-state index in [0.717, 1.165) is 12.0 Å². The second-order valence-electron chi connectivity index (χ2n) is 7.16. The van der Waals surface area contributed by atoms with Gasteiger partial charge in [0.15, 0.2) is 5.78 Å². The minimum atomic E-state index is -0.156. The van der Waals surface area contributed by atoms with E-state index >= 15 is 0 Å². The number of rotatable bonds is 7. The molecule has 0 aromatic heterocycles. The Hall–Kier alpha value is -2.46. The summed E-state index contributed by atoms with van der Waals surface area (Å²) in [6.07, 6.45) is 0.730. The van der Waals surface area contributed by atoms with Crippen molar-refractivity contribution in [3.63, 3.8) is 0 Å². The van der Waals surface area contributed by atoms with Gasteiger partial charge < -0.3 is 10.6 Å². The lowest BCUT2D eigenvalue weighted by Gasteiger charge is -2.22. The SMILES string of the molecule is Cc1ccc(C(=O)c2ccccc2C(=O)N(C)CCC(N)C(C)C)cc1. The first-order chi connectivity index (χ1) is 12.3. The quantitative estimate of drug-likeness (QED) is 0.773. The first kappa shape index (κ1) is 19.9. The molecule has 0 saturated carbocycles. The molecule has 0 aliphatic carbocycles. The fraction of sp³-hybridized carbons (Fsp3) is 0.364. The van der Waals surface area contributed by atoms with Crippen molar-refractivity contribution in [1.29, 1.82) is 0 Å². The van der Waals surface area contributed by atoms with E-state index in [2.05, 4.69) is 13.8 Å². The molecule has 1 atom stereocenters. The molecular weight excluding hydrogens is 324 g/mol. The van der Waals surface area contributed by atoms with Crippen molar-refractivity contribution in [1.82, 2.24) is 4.90 Å². The average Bonchev–Trinajstić information content (AvgIpc) is 2.65. The lowest BCUT2D eigenvalue weighted by Crippen LogP contribution is -2.35. The maximum atomic E-state index is 12.9. The molecule has 0 aliphatic rings. The van der Waals surface area contributed by atoms with Gasteiger partial charge in [0.05, 0.1) is 5.56 Å². The summed E-state index contributed by atoms with van der Waals surface area (Å²) in [6.45, 7) is 6.68. The van der Waals surface area contributed by atoms with Crippen LogP contribution >= 0.6 is 0 Å². The summed E-state index contributed by atoms with van der Waals surface area (Å²) < 4.78 is 0. The van der Waals surface area contributed by atoms with Crippen molar-refractivity contribution in [3.8, 4) is 0 Å². The minimum Gasteiger partial charge on any atom is -0.342 e. The van der Waals surface area contributed by atoms with E-state index in [9.17, 15) is 9.59 Å². The van der Waals surface area contributed by atoms with E-state index in [1.165, 1.54) is 0 Å². The van der Waals surface area contributed by atoms with Gasteiger partial charge in [-0.2, -0.15) is 0 Å². The van der Waals surface area contributed by atoms with Gasteiger partial charge >= 0.3 is 0 Å². The number of carbonyl (C=O) groups excluding carboxylic acids is 2. The minimum absolute atomic E-state index is 0.0506. The van der Waals surface area contributed by atoms with E-state index in [0.29, 0.717) is 29.2 Å². The zero-order valence-electron chi connectivity index (χ0n) is 16.0. The third-order valence-corrected chi connectivity index (χ3v) is 4.72. The van der Waals surface area contributed by atoms with Gasteiger partial charge in [0.2, 0.25) is 0 Å². The van der Waals surface area contributed by atoms with Crippen molar-refractivity contribution in [3.05, 3.63) is 70.8 Å². The molecule has 4 nitrogen and oxygen atoms in total. The number of aryl methyl sites for hydroxylation is 1. The topological polar surface area (TPSA) is 63.4 Å². The monoisotopic (exact) mass is 352 g/mol. The molecule has 2 rings (SSSR count). The molecule has 138 valence electrons. The van der Waals surface area contributed by atoms with Crippen molar-refractivity contribution in [2.45, 2.75) is 33.2 Å². The van der Waals surface area contributed by atoms with Crippen molar-refractivity contribution >= 4 is 11.7 Å². The van der Waals surface area contributed by atoms with Crippen LogP contribution in [0.2, 0.25) is 0 Å². The largest absolute Gasteiger partial charge is 0.342 e. The standard InChI is InChI=1S/C22H28N2O2/c1-15(2)20(23)13-14-24(4)22(26)19-8-6-5-7-18(19)21(25)17-11-9-16(3)10-12-17/h5-12,15,20H,13-14,23H2,1-4H3. The summed E-state index contributed by atoms with van der Waals surface area (Å²) >= 11 is 0. The molecule has 2 N–H and O–H groups in total. The summed E-state index contributed by atoms with van der Waals surface area (Å²) in [5, 5.41) is 0. The lowest BCUT2D eigenvalue weighted by atomic mass is 9.97. The van der Waals surface area contributed by atoms with Crippen LogP contribution in [-0.4, -0.2) is 36.2 Å². The zero-order chi connectivity index (χ0) is 19.3. The van der Waals surface area contributed by atoms with Crippen LogP contribution in [0.25, 0.3) is 0 Å². The molecule has 2 aromatic carbocycles. The first-order valence-corrected chi connectivity index (χ1v) is 9.02. The summed E-state index contributed by atoms with van der Waals surface area (Å²) in [5.74, 6) is 0.0761. The maximum absolute atomic E-state index is 12.9. The lowest BCUT2D eigenvalue weighted by molar-refractivity contribution is 0.0784. The highest BCUT2D eigenvalue weighted by molar-refractivity contribution is 6.15. The summed E-state index contributed by atoms with van der Waals surface area (Å²) in [5.41, 5.74) is 8.61. The number of ketones is 1. The highest BCUT2D eigenvalue weighted by Gasteiger charge is 2.21. The van der Waals surface area contributed by atoms with E-state index < -0.39 is 0 Å². The summed E-state index contributed by atoms with van der Waals surface area (Å²) in [6, 6.07) is 14.4. The molecule has 0 saturated heterocycles. The molecule has 0 aliphatic heterocycles. The Morgan fingerprint density at radius 3 is 2.15 bits per heavy atom. The molecule has 2 aromatic rings. The van der Waals surface area contributed by atoms with Crippen LogP contribution in [0.15, 0.2) is 48.5 Å². The van der Waals surface area contributed by atoms with Gasteiger partial charge in [-0.3, -0.25) is 9.59 Å². The Morgan fingerprint density at radius 1 is 1.00 bits per heavy atom. The number of amides is 1. The van der Waals surface area contributed by atoms with E-state index in [1.54, 1.807) is 48.3 Å². The fourth-order valence-electron chi connectivity index (χ4n) is 2.71. The molecule has 4 heteroatoms. The maximum Gasteiger partial charge on any atom is 0.254 e. The van der Waals surface area contributed by atoms with Gasteiger partial charge in [-0.05, 0) is 25.3 Å². The molecular formula is C22H28N2O2. The van der Waals surface area contributed by atoms with Crippen LogP contribution in [0.4, 0.5) is 0 Å². The van der Waals surface area contributed by atoms with Crippen LogP contribution < -0.4 is 5.73 Å². The van der Waals surface area contributed by atoms with Gasteiger partial charge in [0, 0.05) is 30.8 Å². The van der Waals surface area contributed by atoms with E-state index in [4.69, 9.17) is 5.73 Å². The number of hydrogen-bond donors (Lipinski definition) is 1. The van der Waals surface area contributed by atoms with Crippen LogP contribution in [0.1, 0.15) is 52.1 Å². The average molecular weight is 352 g/mol. The molecule has 1 unspecified atom stereocenters. The molecule has 26 heavy (non-hydrogen) atoms. The highest BCUT2D eigenvalue weighted by Crippen LogP contribution is 2.17. The highest BCUT2D eigenvalue weighted by atomic mass is 16.2. The number of benzene rings is 2. The number of nitrogens with two attached hydrogens (primary N) is 1. The van der Waals surface area contributed by atoms with Crippen LogP contribution in [0, 0.1) is 12.8 Å². The second kappa shape index (κ2) is 8.77. The van der Waals surface area contributed by atoms with Gasteiger partial charge in [-0.25, -0.2) is 0 Å². The van der Waals surface area contributed by atoms with Crippen LogP contribution in [0.5, 0.6) is 0 Å². The third kappa shape index (κ3) is 4.79.